The van der Waals surface area contributed by atoms with Crippen molar-refractivity contribution in [3.05, 3.63) is 97.2 Å². The number of carboxylic acid groups (broad SMARTS) is 1. The van der Waals surface area contributed by atoms with Crippen LogP contribution in [-0.4, -0.2) is 82.3 Å². The van der Waals surface area contributed by atoms with Crippen LogP contribution in [0.25, 0.3) is 0 Å². The number of carboxylic acids is 1. The van der Waals surface area contributed by atoms with Crippen molar-refractivity contribution in [3.63, 3.8) is 0 Å². The van der Waals surface area contributed by atoms with Crippen molar-refractivity contribution in [3.8, 4) is 0 Å². The molecule has 9 heteroatoms. The molecule has 0 saturated carbocycles. The highest BCUT2D eigenvalue weighted by Gasteiger charge is 2.22. The maximum absolute atomic E-state index is 12.9. The molecule has 0 fully saturated rings. The minimum absolute atomic E-state index is 0.135. The van der Waals surface area contributed by atoms with E-state index in [1.807, 2.05) is 21.1 Å². The molecule has 2 unspecified atom stereocenters. The van der Waals surface area contributed by atoms with Crippen LogP contribution in [0, 0.1) is 0 Å². The summed E-state index contributed by atoms with van der Waals surface area (Å²) in [5.41, 5.74) is 0. The van der Waals surface area contributed by atoms with Crippen molar-refractivity contribution in [1.29, 1.82) is 0 Å². The normalized spacial score (nSPS) is 13.5. The molecular weight excluding hydrogens is 923 g/mol. The third-order valence-corrected chi connectivity index (χ3v) is 12.6. The fourth-order valence-corrected chi connectivity index (χ4v) is 8.02. The zero-order valence-corrected chi connectivity index (χ0v) is 48.2. The molecule has 424 valence electrons. The summed E-state index contributed by atoms with van der Waals surface area (Å²) in [6.07, 6.45) is 71.8. The van der Waals surface area contributed by atoms with Crippen LogP contribution in [0.4, 0.5) is 0 Å². The zero-order chi connectivity index (χ0) is 54.1. The summed E-state index contributed by atoms with van der Waals surface area (Å²) in [6.45, 7) is 4.60. The van der Waals surface area contributed by atoms with Gasteiger partial charge in [-0.05, 0) is 77.0 Å². The Morgan fingerprint density at radius 2 is 0.770 bits per heavy atom. The summed E-state index contributed by atoms with van der Waals surface area (Å²) in [5.74, 6) is -2.34. The highest BCUT2D eigenvalue weighted by Crippen LogP contribution is 2.16. The average Bonchev–Trinajstić information content (AvgIpc) is 3.37. The van der Waals surface area contributed by atoms with Gasteiger partial charge in [-0.15, -0.1) is 0 Å². The molecule has 0 radical (unpaired) electrons. The van der Waals surface area contributed by atoms with Crippen molar-refractivity contribution in [2.45, 2.75) is 251 Å². The second-order valence-electron chi connectivity index (χ2n) is 20.9. The molecule has 0 aromatic rings. The first-order valence-electron chi connectivity index (χ1n) is 29.9. The van der Waals surface area contributed by atoms with Gasteiger partial charge in [-0.3, -0.25) is 9.59 Å². The van der Waals surface area contributed by atoms with Crippen molar-refractivity contribution in [2.75, 3.05) is 47.5 Å². The lowest BCUT2D eigenvalue weighted by atomic mass is 10.0. The van der Waals surface area contributed by atoms with Gasteiger partial charge in [-0.25, -0.2) is 0 Å². The van der Waals surface area contributed by atoms with Gasteiger partial charge in [0.25, 0.3) is 0 Å². The van der Waals surface area contributed by atoms with Crippen LogP contribution < -0.4 is 5.11 Å². The van der Waals surface area contributed by atoms with E-state index in [4.69, 9.17) is 18.9 Å². The number of ether oxygens (including phenoxy) is 4. The van der Waals surface area contributed by atoms with Crippen LogP contribution in [0.3, 0.4) is 0 Å². The van der Waals surface area contributed by atoms with Crippen LogP contribution >= 0.6 is 0 Å². The Hall–Kier alpha value is -3.79. The minimum Gasteiger partial charge on any atom is -0.545 e. The van der Waals surface area contributed by atoms with E-state index < -0.39 is 24.3 Å². The van der Waals surface area contributed by atoms with Gasteiger partial charge in [0.1, 0.15) is 13.2 Å². The Bertz CT molecular complexity index is 1530. The Balaban J connectivity index is 4.34. The molecule has 0 aliphatic carbocycles. The van der Waals surface area contributed by atoms with Gasteiger partial charge in [0.15, 0.2) is 12.4 Å². The number of likely N-dealkylation sites (N-methyl/N-ethyl adjacent to an activating group) is 1. The Kier molecular flexibility index (Phi) is 52.6. The van der Waals surface area contributed by atoms with E-state index >= 15 is 0 Å². The number of hydrogen-bond donors (Lipinski definition) is 0. The van der Waals surface area contributed by atoms with Crippen molar-refractivity contribution < 1.29 is 42.9 Å². The smallest absolute Gasteiger partial charge is 0.306 e. The van der Waals surface area contributed by atoms with Gasteiger partial charge in [0, 0.05) is 12.8 Å². The largest absolute Gasteiger partial charge is 0.545 e. The van der Waals surface area contributed by atoms with Crippen LogP contribution in [0.2, 0.25) is 0 Å². The highest BCUT2D eigenvalue weighted by molar-refractivity contribution is 5.70. The monoisotopic (exact) mass is 1030 g/mol. The second kappa shape index (κ2) is 55.4. The molecule has 0 aromatic carbocycles. The topological polar surface area (TPSA) is 111 Å². The number of carbonyl (C=O) groups is 3. The lowest BCUT2D eigenvalue weighted by Crippen LogP contribution is -2.44. The summed E-state index contributed by atoms with van der Waals surface area (Å²) < 4.78 is 22.7. The summed E-state index contributed by atoms with van der Waals surface area (Å²) in [6, 6.07) is 0. The molecule has 0 rings (SSSR count). The third kappa shape index (κ3) is 55.9. The first-order valence-corrected chi connectivity index (χ1v) is 29.9. The lowest BCUT2D eigenvalue weighted by Gasteiger charge is -2.26. The molecule has 0 aromatic heterocycles. The molecular formula is C65H111NO8. The number of unbranched alkanes of at least 4 members (excludes halogenated alkanes) is 23. The molecule has 2 atom stereocenters. The number of nitrogens with zero attached hydrogens (tertiary/aromatic N) is 1. The maximum Gasteiger partial charge on any atom is 0.306 e. The van der Waals surface area contributed by atoms with Crippen LogP contribution in [0.5, 0.6) is 0 Å². The molecule has 9 nitrogen and oxygen atoms in total. The molecule has 74 heavy (non-hydrogen) atoms. The third-order valence-electron chi connectivity index (χ3n) is 12.6. The van der Waals surface area contributed by atoms with Crippen LogP contribution in [-0.2, 0) is 33.3 Å². The fourth-order valence-electron chi connectivity index (χ4n) is 8.02. The number of allylic oxidation sites excluding steroid dienone is 16. The van der Waals surface area contributed by atoms with Gasteiger partial charge in [0.2, 0.25) is 0 Å². The number of quaternary nitrogens is 1. The van der Waals surface area contributed by atoms with E-state index in [0.29, 0.717) is 17.4 Å². The van der Waals surface area contributed by atoms with E-state index in [1.54, 1.807) is 0 Å². The van der Waals surface area contributed by atoms with E-state index in [2.05, 4.69) is 111 Å². The predicted molar refractivity (Wildman–Crippen MR) is 311 cm³/mol. The van der Waals surface area contributed by atoms with Gasteiger partial charge in [-0.2, -0.15) is 0 Å². The van der Waals surface area contributed by atoms with E-state index in [1.165, 1.54) is 122 Å². The quantitative estimate of drug-likeness (QED) is 0.0195. The van der Waals surface area contributed by atoms with Gasteiger partial charge in [-0.1, -0.05) is 246 Å². The lowest BCUT2D eigenvalue weighted by molar-refractivity contribution is -0.870. The molecule has 0 spiro atoms. The van der Waals surface area contributed by atoms with Gasteiger partial charge < -0.3 is 33.3 Å². The molecule has 0 N–H and O–H groups in total. The number of carbonyl (C=O) groups excluding carboxylic acids is 3. The predicted octanol–water partition coefficient (Wildman–Crippen LogP) is 16.4. The van der Waals surface area contributed by atoms with E-state index in [-0.39, 0.29) is 38.6 Å². The fraction of sp³-hybridized carbons (Fsp3) is 0.708. The summed E-state index contributed by atoms with van der Waals surface area (Å²) in [5, 5.41) is 11.8. The standard InChI is InChI=1S/C65H111NO8/c1-6-8-10-12-14-16-18-20-22-24-26-28-30-31-32-33-34-36-38-40-42-44-46-48-50-52-54-56-63(68)74-61(60-73-65(64(69)70)71-58-57-66(3,4)5)59-72-62(67)55-53-51-49-47-45-43-41-39-37-35-29-27-25-23-21-19-17-15-13-11-9-7-2/h8,10,14,16,20,22,26,28,31-32,34,36,40,42,46,48,61,65H,6-7,9,11-13,15,17-19,21,23-25,27,29-30,33,35,37-39,41,43-45,47,49-60H2,1-5H3/b10-8-,16-14-,22-20-,28-26-,32-31-,36-34-,42-40-,48-46-. The number of rotatable bonds is 54. The summed E-state index contributed by atoms with van der Waals surface area (Å²) in [4.78, 5) is 37.3. The average molecular weight is 1030 g/mol. The van der Waals surface area contributed by atoms with Crippen LogP contribution in [0.1, 0.15) is 239 Å². The maximum atomic E-state index is 12.9. The minimum atomic E-state index is -1.64. The SMILES string of the molecule is CC/C=C\C/C=C\C/C=C\C/C=C\C/C=C\C/C=C\C/C=C\C/C=C\CCCCC(=O)OC(COC(=O)CCCCCCCCCCCCCCCCCCCCCCCC)COC(OCC[N+](C)(C)C)C(=O)[O-]. The molecule has 0 heterocycles. The van der Waals surface area contributed by atoms with E-state index in [9.17, 15) is 19.5 Å². The Labute approximate surface area is 454 Å². The summed E-state index contributed by atoms with van der Waals surface area (Å²) in [7, 11) is 5.90. The summed E-state index contributed by atoms with van der Waals surface area (Å²) >= 11 is 0. The molecule has 0 bridgehead atoms. The Morgan fingerprint density at radius 1 is 0.419 bits per heavy atom. The molecule has 0 amide bonds. The first-order chi connectivity index (χ1) is 36.1. The van der Waals surface area contributed by atoms with Gasteiger partial charge >= 0.3 is 11.9 Å². The second-order valence-corrected chi connectivity index (χ2v) is 20.9. The van der Waals surface area contributed by atoms with Crippen molar-refractivity contribution in [2.24, 2.45) is 0 Å². The number of hydrogen-bond acceptors (Lipinski definition) is 8. The molecule has 0 aliphatic rings. The highest BCUT2D eigenvalue weighted by atomic mass is 16.7. The van der Waals surface area contributed by atoms with E-state index in [0.717, 1.165) is 83.5 Å². The first kappa shape index (κ1) is 70.2. The number of esters is 2. The number of aliphatic carboxylic acids is 1. The zero-order valence-electron chi connectivity index (χ0n) is 48.2. The van der Waals surface area contributed by atoms with Crippen molar-refractivity contribution >= 4 is 17.9 Å². The van der Waals surface area contributed by atoms with Crippen LogP contribution in [0.15, 0.2) is 97.2 Å². The molecule has 0 aliphatic heterocycles. The van der Waals surface area contributed by atoms with Crippen molar-refractivity contribution in [1.82, 2.24) is 0 Å². The molecule has 0 saturated heterocycles. The Morgan fingerprint density at radius 3 is 1.15 bits per heavy atom. The van der Waals surface area contributed by atoms with Gasteiger partial charge in [0.05, 0.1) is 40.3 Å².